The highest BCUT2D eigenvalue weighted by molar-refractivity contribution is 5.89. The Labute approximate surface area is 90.0 Å². The number of hydrogen-bond donors (Lipinski definition) is 2. The molecule has 0 spiro atoms. The largest absolute Gasteiger partial charge is 0.352 e. The van der Waals surface area contributed by atoms with Gasteiger partial charge in [0.15, 0.2) is 0 Å². The van der Waals surface area contributed by atoms with E-state index in [2.05, 4.69) is 5.32 Å². The number of carbonyl (C=O) groups is 2. The Morgan fingerprint density at radius 3 is 2.87 bits per heavy atom. The first-order valence-electron chi connectivity index (χ1n) is 5.36. The zero-order valence-electron chi connectivity index (χ0n) is 9.32. The van der Waals surface area contributed by atoms with Crippen molar-refractivity contribution in [1.29, 1.82) is 0 Å². The molecule has 0 radical (unpaired) electrons. The molecule has 1 aliphatic heterocycles. The normalized spacial score (nSPS) is 23.0. The molecule has 5 nitrogen and oxygen atoms in total. The minimum absolute atomic E-state index is 0.0247. The number of hydrogen-bond acceptors (Lipinski definition) is 3. The summed E-state index contributed by atoms with van der Waals surface area (Å²) in [7, 11) is 0. The van der Waals surface area contributed by atoms with Crippen LogP contribution in [-0.4, -0.2) is 42.4 Å². The van der Waals surface area contributed by atoms with E-state index in [1.165, 1.54) is 0 Å². The summed E-state index contributed by atoms with van der Waals surface area (Å²) in [5, 5.41) is 2.79. The molecule has 0 aromatic rings. The standard InChI is InChI=1S/C10H19N3O2/c1-3-13-6-8(4-9(13)14)10(15)12-7(2)5-11/h7-8H,3-6,11H2,1-2H3,(H,12,15)/t7-,8?/m0/s1. The van der Waals surface area contributed by atoms with Crippen molar-refractivity contribution >= 4 is 11.8 Å². The van der Waals surface area contributed by atoms with Crippen LogP contribution in [0.1, 0.15) is 20.3 Å². The summed E-state index contributed by atoms with van der Waals surface area (Å²) in [4.78, 5) is 24.8. The molecule has 1 heterocycles. The Morgan fingerprint density at radius 2 is 2.40 bits per heavy atom. The summed E-state index contributed by atoms with van der Waals surface area (Å²) in [5.74, 6) is -0.193. The maximum atomic E-state index is 11.7. The third kappa shape index (κ3) is 2.92. The quantitative estimate of drug-likeness (QED) is 0.649. The molecule has 86 valence electrons. The van der Waals surface area contributed by atoms with E-state index < -0.39 is 0 Å². The molecule has 0 bridgehead atoms. The van der Waals surface area contributed by atoms with Crippen LogP contribution in [0.2, 0.25) is 0 Å². The number of amides is 2. The Balaban J connectivity index is 2.46. The number of nitrogens with one attached hydrogen (secondary N) is 1. The molecule has 0 aliphatic carbocycles. The molecule has 0 aromatic carbocycles. The van der Waals surface area contributed by atoms with Crippen LogP contribution in [0.3, 0.4) is 0 Å². The molecule has 2 atom stereocenters. The first-order valence-corrected chi connectivity index (χ1v) is 5.36. The monoisotopic (exact) mass is 213 g/mol. The Hall–Kier alpha value is -1.10. The molecule has 0 saturated carbocycles. The van der Waals surface area contributed by atoms with Gasteiger partial charge in [0.05, 0.1) is 5.92 Å². The van der Waals surface area contributed by atoms with Crippen LogP contribution in [-0.2, 0) is 9.59 Å². The smallest absolute Gasteiger partial charge is 0.225 e. The molecule has 1 fully saturated rings. The van der Waals surface area contributed by atoms with Gasteiger partial charge in [-0.2, -0.15) is 0 Å². The van der Waals surface area contributed by atoms with E-state index in [0.29, 0.717) is 26.1 Å². The van der Waals surface area contributed by atoms with Crippen molar-refractivity contribution in [3.63, 3.8) is 0 Å². The van der Waals surface area contributed by atoms with Crippen molar-refractivity contribution < 1.29 is 9.59 Å². The van der Waals surface area contributed by atoms with E-state index in [0.717, 1.165) is 0 Å². The average Bonchev–Trinajstić information content (AvgIpc) is 2.59. The average molecular weight is 213 g/mol. The second-order valence-corrected chi connectivity index (χ2v) is 3.98. The van der Waals surface area contributed by atoms with Crippen LogP contribution in [0.4, 0.5) is 0 Å². The van der Waals surface area contributed by atoms with E-state index >= 15 is 0 Å². The van der Waals surface area contributed by atoms with E-state index in [1.807, 2.05) is 13.8 Å². The first kappa shape index (κ1) is 12.0. The van der Waals surface area contributed by atoms with Gasteiger partial charge in [0.25, 0.3) is 0 Å². The zero-order valence-corrected chi connectivity index (χ0v) is 9.32. The minimum atomic E-state index is -0.202. The van der Waals surface area contributed by atoms with Gasteiger partial charge in [0, 0.05) is 32.1 Å². The fourth-order valence-corrected chi connectivity index (χ4v) is 1.67. The molecule has 1 rings (SSSR count). The fraction of sp³-hybridized carbons (Fsp3) is 0.800. The summed E-state index contributed by atoms with van der Waals surface area (Å²) < 4.78 is 0. The van der Waals surface area contributed by atoms with Crippen molar-refractivity contribution in [1.82, 2.24) is 10.2 Å². The third-order valence-electron chi connectivity index (χ3n) is 2.71. The number of nitrogens with two attached hydrogens (primary N) is 1. The van der Waals surface area contributed by atoms with E-state index in [9.17, 15) is 9.59 Å². The second kappa shape index (κ2) is 5.11. The highest BCUT2D eigenvalue weighted by atomic mass is 16.2. The summed E-state index contributed by atoms with van der Waals surface area (Å²) in [6.07, 6.45) is 0.330. The number of nitrogens with zero attached hydrogens (tertiary/aromatic N) is 1. The third-order valence-corrected chi connectivity index (χ3v) is 2.71. The first-order chi connectivity index (χ1) is 7.08. The van der Waals surface area contributed by atoms with Gasteiger partial charge < -0.3 is 16.0 Å². The molecule has 1 aliphatic rings. The van der Waals surface area contributed by atoms with Crippen molar-refractivity contribution in [3.8, 4) is 0 Å². The van der Waals surface area contributed by atoms with Gasteiger partial charge in [0.1, 0.15) is 0 Å². The van der Waals surface area contributed by atoms with Gasteiger partial charge in [-0.3, -0.25) is 9.59 Å². The summed E-state index contributed by atoms with van der Waals surface area (Å²) in [6.45, 7) is 5.41. The summed E-state index contributed by atoms with van der Waals surface area (Å²) in [6, 6.07) is -0.0247. The van der Waals surface area contributed by atoms with E-state index in [4.69, 9.17) is 5.73 Å². The lowest BCUT2D eigenvalue weighted by Crippen LogP contribution is -2.41. The molecule has 0 aromatic heterocycles. The molecule has 1 unspecified atom stereocenters. The van der Waals surface area contributed by atoms with Crippen LogP contribution >= 0.6 is 0 Å². The number of rotatable bonds is 4. The van der Waals surface area contributed by atoms with Gasteiger partial charge >= 0.3 is 0 Å². The molecular formula is C10H19N3O2. The van der Waals surface area contributed by atoms with Crippen LogP contribution in [0, 0.1) is 5.92 Å². The van der Waals surface area contributed by atoms with Crippen LogP contribution < -0.4 is 11.1 Å². The Morgan fingerprint density at radius 1 is 1.73 bits per heavy atom. The van der Waals surface area contributed by atoms with Crippen molar-refractivity contribution in [2.75, 3.05) is 19.6 Å². The number of carbonyl (C=O) groups excluding carboxylic acids is 2. The molecule has 3 N–H and O–H groups in total. The SMILES string of the molecule is CCN1CC(C(=O)N[C@@H](C)CN)CC1=O. The summed E-state index contributed by atoms with van der Waals surface area (Å²) in [5.41, 5.74) is 5.41. The zero-order chi connectivity index (χ0) is 11.4. The molecule has 1 saturated heterocycles. The molecule has 15 heavy (non-hydrogen) atoms. The maximum absolute atomic E-state index is 11.7. The van der Waals surface area contributed by atoms with Crippen molar-refractivity contribution in [2.45, 2.75) is 26.3 Å². The van der Waals surface area contributed by atoms with Crippen LogP contribution in [0.15, 0.2) is 0 Å². The van der Waals surface area contributed by atoms with Gasteiger partial charge in [-0.05, 0) is 13.8 Å². The van der Waals surface area contributed by atoms with Crippen LogP contribution in [0.25, 0.3) is 0 Å². The van der Waals surface area contributed by atoms with Crippen molar-refractivity contribution in [3.05, 3.63) is 0 Å². The summed E-state index contributed by atoms with van der Waals surface area (Å²) >= 11 is 0. The molecule has 5 heteroatoms. The van der Waals surface area contributed by atoms with Gasteiger partial charge in [0.2, 0.25) is 11.8 Å². The van der Waals surface area contributed by atoms with E-state index in [1.54, 1.807) is 4.90 Å². The van der Waals surface area contributed by atoms with E-state index in [-0.39, 0.29) is 23.8 Å². The lowest BCUT2D eigenvalue weighted by atomic mass is 10.1. The lowest BCUT2D eigenvalue weighted by molar-refractivity contribution is -0.129. The Bertz CT molecular complexity index is 255. The topological polar surface area (TPSA) is 75.4 Å². The fourth-order valence-electron chi connectivity index (χ4n) is 1.67. The maximum Gasteiger partial charge on any atom is 0.225 e. The van der Waals surface area contributed by atoms with Crippen LogP contribution in [0.5, 0.6) is 0 Å². The molecule has 2 amide bonds. The highest BCUT2D eigenvalue weighted by Gasteiger charge is 2.33. The predicted molar refractivity (Wildman–Crippen MR) is 57.0 cm³/mol. The lowest BCUT2D eigenvalue weighted by Gasteiger charge is -2.16. The highest BCUT2D eigenvalue weighted by Crippen LogP contribution is 2.17. The number of likely N-dealkylation sites (tertiary alicyclic amines) is 1. The minimum Gasteiger partial charge on any atom is -0.352 e. The molecular weight excluding hydrogens is 194 g/mol. The van der Waals surface area contributed by atoms with Crippen molar-refractivity contribution in [2.24, 2.45) is 11.7 Å². The van der Waals surface area contributed by atoms with Gasteiger partial charge in [-0.1, -0.05) is 0 Å². The Kier molecular flexibility index (Phi) is 4.08. The predicted octanol–water partition coefficient (Wildman–Crippen LogP) is -0.682. The van der Waals surface area contributed by atoms with Gasteiger partial charge in [-0.25, -0.2) is 0 Å². The van der Waals surface area contributed by atoms with Gasteiger partial charge in [-0.15, -0.1) is 0 Å². The second-order valence-electron chi connectivity index (χ2n) is 3.98.